The van der Waals surface area contributed by atoms with E-state index in [0.717, 1.165) is 19.6 Å². The second kappa shape index (κ2) is 8.04. The van der Waals surface area contributed by atoms with Crippen LogP contribution in [-0.4, -0.2) is 61.7 Å². The summed E-state index contributed by atoms with van der Waals surface area (Å²) in [6.45, 7) is 14.6. The average molecular weight is 229 g/mol. The zero-order valence-corrected chi connectivity index (χ0v) is 12.2. The van der Waals surface area contributed by atoms with Crippen molar-refractivity contribution in [1.29, 1.82) is 0 Å². The number of rotatable bonds is 8. The zero-order valence-electron chi connectivity index (χ0n) is 12.2. The summed E-state index contributed by atoms with van der Waals surface area (Å²) in [5.74, 6) is 0. The van der Waals surface area contributed by atoms with Gasteiger partial charge < -0.3 is 10.2 Å². The fourth-order valence-corrected chi connectivity index (χ4v) is 2.21. The van der Waals surface area contributed by atoms with E-state index in [9.17, 15) is 0 Å². The van der Waals surface area contributed by atoms with Crippen molar-refractivity contribution < 1.29 is 0 Å². The lowest BCUT2D eigenvalue weighted by atomic mass is 10.2. The molecule has 2 unspecified atom stereocenters. The Morgan fingerprint density at radius 2 is 1.56 bits per heavy atom. The molecule has 0 heterocycles. The fourth-order valence-electron chi connectivity index (χ4n) is 2.21. The smallest absolute Gasteiger partial charge is 0.0197 e. The van der Waals surface area contributed by atoms with Crippen LogP contribution in [0.15, 0.2) is 0 Å². The first kappa shape index (κ1) is 15.9. The van der Waals surface area contributed by atoms with Gasteiger partial charge in [0, 0.05) is 31.2 Å². The van der Waals surface area contributed by atoms with Crippen LogP contribution in [0.1, 0.15) is 34.6 Å². The van der Waals surface area contributed by atoms with E-state index >= 15 is 0 Å². The summed E-state index contributed by atoms with van der Waals surface area (Å²) in [4.78, 5) is 4.82. The normalized spacial score (nSPS) is 16.1. The largest absolute Gasteiger partial charge is 0.313 e. The van der Waals surface area contributed by atoms with Crippen LogP contribution in [0.5, 0.6) is 0 Å². The van der Waals surface area contributed by atoms with E-state index < -0.39 is 0 Å². The van der Waals surface area contributed by atoms with E-state index in [1.165, 1.54) is 0 Å². The molecule has 2 atom stereocenters. The first-order valence-corrected chi connectivity index (χ1v) is 6.52. The van der Waals surface area contributed by atoms with Gasteiger partial charge in [-0.25, -0.2) is 0 Å². The molecule has 0 spiro atoms. The first-order valence-electron chi connectivity index (χ1n) is 6.52. The minimum Gasteiger partial charge on any atom is -0.313 e. The van der Waals surface area contributed by atoms with E-state index in [2.05, 4.69) is 63.8 Å². The number of hydrogen-bond acceptors (Lipinski definition) is 3. The van der Waals surface area contributed by atoms with Crippen molar-refractivity contribution in [1.82, 2.24) is 15.1 Å². The quantitative estimate of drug-likeness (QED) is 0.683. The van der Waals surface area contributed by atoms with Gasteiger partial charge in [-0.1, -0.05) is 20.8 Å². The second-order valence-corrected chi connectivity index (χ2v) is 5.35. The summed E-state index contributed by atoms with van der Waals surface area (Å²) < 4.78 is 0. The van der Waals surface area contributed by atoms with Crippen LogP contribution in [0.3, 0.4) is 0 Å². The average Bonchev–Trinajstić information content (AvgIpc) is 2.14. The predicted octanol–water partition coefficient (Wildman–Crippen LogP) is 1.64. The maximum absolute atomic E-state index is 3.51. The molecule has 0 radical (unpaired) electrons. The van der Waals surface area contributed by atoms with Crippen LogP contribution in [0.2, 0.25) is 0 Å². The van der Waals surface area contributed by atoms with Gasteiger partial charge in [0.1, 0.15) is 0 Å². The molecule has 3 nitrogen and oxygen atoms in total. The zero-order chi connectivity index (χ0) is 12.7. The SMILES string of the molecule is CCN(C(C)CNC(C)C)C(C)CN(C)C. The molecule has 3 heteroatoms. The van der Waals surface area contributed by atoms with Crippen molar-refractivity contribution in [3.63, 3.8) is 0 Å². The summed E-state index contributed by atoms with van der Waals surface area (Å²) in [7, 11) is 4.28. The third-order valence-corrected chi connectivity index (χ3v) is 2.95. The topological polar surface area (TPSA) is 18.5 Å². The van der Waals surface area contributed by atoms with E-state index in [-0.39, 0.29) is 0 Å². The maximum atomic E-state index is 3.51. The molecule has 0 aliphatic rings. The standard InChI is InChI=1S/C13H31N3/c1-8-16(13(5)10-15(6)7)12(4)9-14-11(2)3/h11-14H,8-10H2,1-7H3. The van der Waals surface area contributed by atoms with Crippen molar-refractivity contribution in [2.45, 2.75) is 52.7 Å². The van der Waals surface area contributed by atoms with Gasteiger partial charge in [0.15, 0.2) is 0 Å². The summed E-state index contributed by atoms with van der Waals surface area (Å²) in [6, 6.07) is 1.79. The molecule has 1 N–H and O–H groups in total. The van der Waals surface area contributed by atoms with Crippen LogP contribution in [-0.2, 0) is 0 Å². The van der Waals surface area contributed by atoms with E-state index in [1.54, 1.807) is 0 Å². The molecule has 0 aromatic carbocycles. The van der Waals surface area contributed by atoms with Crippen molar-refractivity contribution in [2.24, 2.45) is 0 Å². The Hall–Kier alpha value is -0.120. The van der Waals surface area contributed by atoms with E-state index in [1.807, 2.05) is 0 Å². The molecule has 0 aliphatic heterocycles. The number of hydrogen-bond donors (Lipinski definition) is 1. The van der Waals surface area contributed by atoms with Crippen LogP contribution in [0, 0.1) is 0 Å². The molecule has 0 fully saturated rings. The molecule has 16 heavy (non-hydrogen) atoms. The summed E-state index contributed by atoms with van der Waals surface area (Å²) in [6.07, 6.45) is 0. The maximum Gasteiger partial charge on any atom is 0.0197 e. The lowest BCUT2D eigenvalue weighted by Gasteiger charge is -2.35. The van der Waals surface area contributed by atoms with E-state index in [4.69, 9.17) is 0 Å². The van der Waals surface area contributed by atoms with Crippen LogP contribution >= 0.6 is 0 Å². The Bertz CT molecular complexity index is 169. The van der Waals surface area contributed by atoms with Crippen molar-refractivity contribution in [2.75, 3.05) is 33.7 Å². The monoisotopic (exact) mass is 229 g/mol. The van der Waals surface area contributed by atoms with Crippen molar-refractivity contribution in [3.8, 4) is 0 Å². The van der Waals surface area contributed by atoms with E-state index in [0.29, 0.717) is 18.1 Å². The molecule has 0 bridgehead atoms. The summed E-state index contributed by atoms with van der Waals surface area (Å²) in [5.41, 5.74) is 0. The summed E-state index contributed by atoms with van der Waals surface area (Å²) >= 11 is 0. The number of nitrogens with zero attached hydrogens (tertiary/aromatic N) is 2. The Kier molecular flexibility index (Phi) is 7.98. The lowest BCUT2D eigenvalue weighted by Crippen LogP contribution is -2.49. The highest BCUT2D eigenvalue weighted by atomic mass is 15.2. The molecular formula is C13H31N3. The highest BCUT2D eigenvalue weighted by Gasteiger charge is 2.18. The van der Waals surface area contributed by atoms with Gasteiger partial charge in [-0.05, 0) is 34.5 Å². The van der Waals surface area contributed by atoms with Gasteiger partial charge in [-0.15, -0.1) is 0 Å². The first-order chi connectivity index (χ1) is 7.38. The molecule has 0 aromatic rings. The Morgan fingerprint density at radius 1 is 1.00 bits per heavy atom. The predicted molar refractivity (Wildman–Crippen MR) is 73.0 cm³/mol. The Labute approximate surface area is 102 Å². The minimum atomic E-state index is 0.574. The van der Waals surface area contributed by atoms with Crippen LogP contribution < -0.4 is 5.32 Å². The molecule has 0 rings (SSSR count). The molecule has 98 valence electrons. The molecular weight excluding hydrogens is 198 g/mol. The lowest BCUT2D eigenvalue weighted by molar-refractivity contribution is 0.133. The summed E-state index contributed by atoms with van der Waals surface area (Å²) in [5, 5.41) is 3.51. The Balaban J connectivity index is 4.13. The fraction of sp³-hybridized carbons (Fsp3) is 1.00. The molecule has 0 amide bonds. The molecule has 0 aliphatic carbocycles. The third kappa shape index (κ3) is 6.46. The van der Waals surface area contributed by atoms with Gasteiger partial charge in [-0.2, -0.15) is 0 Å². The molecule has 0 aromatic heterocycles. The van der Waals surface area contributed by atoms with Gasteiger partial charge in [0.2, 0.25) is 0 Å². The highest BCUT2D eigenvalue weighted by molar-refractivity contribution is 4.76. The number of likely N-dealkylation sites (N-methyl/N-ethyl adjacent to an activating group) is 2. The second-order valence-electron chi connectivity index (χ2n) is 5.35. The number of nitrogens with one attached hydrogen (secondary N) is 1. The van der Waals surface area contributed by atoms with Crippen LogP contribution in [0.25, 0.3) is 0 Å². The minimum absolute atomic E-state index is 0.574. The van der Waals surface area contributed by atoms with Crippen molar-refractivity contribution in [3.05, 3.63) is 0 Å². The van der Waals surface area contributed by atoms with Gasteiger partial charge >= 0.3 is 0 Å². The van der Waals surface area contributed by atoms with Crippen LogP contribution in [0.4, 0.5) is 0 Å². The molecule has 0 saturated heterocycles. The van der Waals surface area contributed by atoms with Gasteiger partial charge in [-0.3, -0.25) is 4.90 Å². The Morgan fingerprint density at radius 3 is 1.94 bits per heavy atom. The molecule has 0 saturated carbocycles. The van der Waals surface area contributed by atoms with Gasteiger partial charge in [0.25, 0.3) is 0 Å². The highest BCUT2D eigenvalue weighted by Crippen LogP contribution is 2.06. The van der Waals surface area contributed by atoms with Crippen molar-refractivity contribution >= 4 is 0 Å². The van der Waals surface area contributed by atoms with Gasteiger partial charge in [0.05, 0.1) is 0 Å². The third-order valence-electron chi connectivity index (χ3n) is 2.95.